The Morgan fingerprint density at radius 3 is 3.11 bits per heavy atom. The van der Waals surface area contributed by atoms with E-state index in [4.69, 9.17) is 0 Å². The van der Waals surface area contributed by atoms with Crippen molar-refractivity contribution in [2.45, 2.75) is 44.7 Å². The van der Waals surface area contributed by atoms with Crippen LogP contribution in [0, 0.1) is 5.92 Å². The van der Waals surface area contributed by atoms with Crippen LogP contribution < -0.4 is 5.32 Å². The molecule has 104 valence electrons. The van der Waals surface area contributed by atoms with E-state index >= 15 is 0 Å². The molecule has 1 fully saturated rings. The SMILES string of the molecule is CC1CN(C)CCC1NC1CCCc2cccnc21. The van der Waals surface area contributed by atoms with Gasteiger partial charge in [0, 0.05) is 24.8 Å². The van der Waals surface area contributed by atoms with Crippen molar-refractivity contribution in [1.82, 2.24) is 15.2 Å². The molecule has 1 N–H and O–H groups in total. The van der Waals surface area contributed by atoms with Gasteiger partial charge in [-0.15, -0.1) is 0 Å². The van der Waals surface area contributed by atoms with Crippen molar-refractivity contribution in [2.75, 3.05) is 20.1 Å². The van der Waals surface area contributed by atoms with Crippen LogP contribution in [0.5, 0.6) is 0 Å². The third-order valence-corrected chi connectivity index (χ3v) is 4.72. The predicted octanol–water partition coefficient (Wildman–Crippen LogP) is 2.39. The predicted molar refractivity (Wildman–Crippen MR) is 78.1 cm³/mol. The van der Waals surface area contributed by atoms with Gasteiger partial charge in [0.15, 0.2) is 0 Å². The first-order valence-electron chi connectivity index (χ1n) is 7.62. The van der Waals surface area contributed by atoms with Gasteiger partial charge in [-0.2, -0.15) is 0 Å². The van der Waals surface area contributed by atoms with E-state index in [1.807, 2.05) is 6.20 Å². The molecule has 1 aliphatic carbocycles. The summed E-state index contributed by atoms with van der Waals surface area (Å²) in [5, 5.41) is 3.90. The molecule has 0 bridgehead atoms. The van der Waals surface area contributed by atoms with Crippen LogP contribution in [-0.4, -0.2) is 36.1 Å². The van der Waals surface area contributed by atoms with E-state index < -0.39 is 0 Å². The number of fused-ring (bicyclic) bond motifs is 1. The highest BCUT2D eigenvalue weighted by atomic mass is 15.1. The van der Waals surface area contributed by atoms with Crippen LogP contribution in [-0.2, 0) is 6.42 Å². The fourth-order valence-corrected chi connectivity index (χ4v) is 3.63. The molecule has 2 heterocycles. The quantitative estimate of drug-likeness (QED) is 0.884. The highest BCUT2D eigenvalue weighted by molar-refractivity contribution is 5.25. The first-order chi connectivity index (χ1) is 9.24. The molecule has 3 heteroatoms. The van der Waals surface area contributed by atoms with Crippen molar-refractivity contribution in [3.05, 3.63) is 29.6 Å². The Morgan fingerprint density at radius 2 is 2.26 bits per heavy atom. The molecular weight excluding hydrogens is 234 g/mol. The third kappa shape index (κ3) is 2.82. The van der Waals surface area contributed by atoms with Gasteiger partial charge in [0.1, 0.15) is 0 Å². The van der Waals surface area contributed by atoms with Gasteiger partial charge in [-0.1, -0.05) is 13.0 Å². The number of nitrogens with zero attached hydrogens (tertiary/aromatic N) is 2. The molecular formula is C16H25N3. The molecule has 3 atom stereocenters. The number of piperidine rings is 1. The van der Waals surface area contributed by atoms with Crippen LogP contribution in [0.2, 0.25) is 0 Å². The van der Waals surface area contributed by atoms with Crippen molar-refractivity contribution < 1.29 is 0 Å². The fraction of sp³-hybridized carbons (Fsp3) is 0.688. The number of rotatable bonds is 2. The third-order valence-electron chi connectivity index (χ3n) is 4.72. The fourth-order valence-electron chi connectivity index (χ4n) is 3.63. The first-order valence-corrected chi connectivity index (χ1v) is 7.62. The zero-order chi connectivity index (χ0) is 13.2. The largest absolute Gasteiger partial charge is 0.306 e. The Morgan fingerprint density at radius 1 is 1.37 bits per heavy atom. The maximum atomic E-state index is 4.63. The van der Waals surface area contributed by atoms with Crippen LogP contribution in [0.25, 0.3) is 0 Å². The minimum atomic E-state index is 0.473. The molecule has 2 aliphatic rings. The molecule has 0 aromatic carbocycles. The molecule has 3 rings (SSSR count). The summed E-state index contributed by atoms with van der Waals surface area (Å²) >= 11 is 0. The van der Waals surface area contributed by atoms with Gasteiger partial charge in [-0.3, -0.25) is 4.98 Å². The summed E-state index contributed by atoms with van der Waals surface area (Å²) in [6.45, 7) is 4.79. The maximum absolute atomic E-state index is 4.63. The number of hydrogen-bond acceptors (Lipinski definition) is 3. The van der Waals surface area contributed by atoms with Crippen LogP contribution >= 0.6 is 0 Å². The lowest BCUT2D eigenvalue weighted by Gasteiger charge is -2.38. The number of hydrogen-bond donors (Lipinski definition) is 1. The van der Waals surface area contributed by atoms with Crippen molar-refractivity contribution in [3.8, 4) is 0 Å². The smallest absolute Gasteiger partial charge is 0.0605 e. The monoisotopic (exact) mass is 259 g/mol. The van der Waals surface area contributed by atoms with E-state index in [0.29, 0.717) is 12.1 Å². The van der Waals surface area contributed by atoms with Crippen LogP contribution in [0.15, 0.2) is 18.3 Å². The summed E-state index contributed by atoms with van der Waals surface area (Å²) in [5.41, 5.74) is 2.76. The molecule has 1 aromatic rings. The molecule has 1 aromatic heterocycles. The lowest BCUT2D eigenvalue weighted by molar-refractivity contribution is 0.162. The van der Waals surface area contributed by atoms with Crippen LogP contribution in [0.4, 0.5) is 0 Å². The Balaban J connectivity index is 1.71. The lowest BCUT2D eigenvalue weighted by Crippen LogP contribution is -2.48. The van der Waals surface area contributed by atoms with E-state index in [0.717, 1.165) is 5.92 Å². The minimum absolute atomic E-state index is 0.473. The van der Waals surface area contributed by atoms with Gasteiger partial charge in [0.2, 0.25) is 0 Å². The van der Waals surface area contributed by atoms with E-state index in [-0.39, 0.29) is 0 Å². The van der Waals surface area contributed by atoms with Gasteiger partial charge in [0.05, 0.1) is 5.69 Å². The second kappa shape index (κ2) is 5.59. The number of aromatic nitrogens is 1. The lowest BCUT2D eigenvalue weighted by atomic mass is 9.88. The van der Waals surface area contributed by atoms with E-state index in [1.165, 1.54) is 50.0 Å². The topological polar surface area (TPSA) is 28.2 Å². The van der Waals surface area contributed by atoms with E-state index in [1.54, 1.807) is 0 Å². The molecule has 1 aliphatic heterocycles. The van der Waals surface area contributed by atoms with Gasteiger partial charge in [0.25, 0.3) is 0 Å². The van der Waals surface area contributed by atoms with Crippen molar-refractivity contribution in [3.63, 3.8) is 0 Å². The number of pyridine rings is 1. The van der Waals surface area contributed by atoms with Crippen molar-refractivity contribution >= 4 is 0 Å². The summed E-state index contributed by atoms with van der Waals surface area (Å²) in [4.78, 5) is 7.07. The molecule has 0 saturated carbocycles. The van der Waals surface area contributed by atoms with Crippen LogP contribution in [0.1, 0.15) is 43.5 Å². The van der Waals surface area contributed by atoms with Gasteiger partial charge in [-0.25, -0.2) is 0 Å². The molecule has 19 heavy (non-hydrogen) atoms. The highest BCUT2D eigenvalue weighted by Gasteiger charge is 2.29. The maximum Gasteiger partial charge on any atom is 0.0605 e. The second-order valence-corrected chi connectivity index (χ2v) is 6.29. The van der Waals surface area contributed by atoms with Crippen LogP contribution in [0.3, 0.4) is 0 Å². The summed E-state index contributed by atoms with van der Waals surface area (Å²) in [6, 6.07) is 5.43. The molecule has 3 nitrogen and oxygen atoms in total. The molecule has 3 unspecified atom stereocenters. The Kier molecular flexibility index (Phi) is 3.85. The van der Waals surface area contributed by atoms with Gasteiger partial charge in [-0.05, 0) is 56.8 Å². The Hall–Kier alpha value is -0.930. The van der Waals surface area contributed by atoms with E-state index in [9.17, 15) is 0 Å². The number of nitrogens with one attached hydrogen (secondary N) is 1. The number of aryl methyl sites for hydroxylation is 1. The summed E-state index contributed by atoms with van der Waals surface area (Å²) in [7, 11) is 2.23. The average molecular weight is 259 g/mol. The standard InChI is InChI=1S/C16H25N3/c1-12-11-19(2)10-8-14(12)18-15-7-3-5-13-6-4-9-17-16(13)15/h4,6,9,12,14-15,18H,3,5,7-8,10-11H2,1-2H3. The number of likely N-dealkylation sites (tertiary alicyclic amines) is 1. The summed E-state index contributed by atoms with van der Waals surface area (Å²) in [5.74, 6) is 0.729. The molecule has 1 saturated heterocycles. The zero-order valence-corrected chi connectivity index (χ0v) is 12.1. The molecule has 0 radical (unpaired) electrons. The van der Waals surface area contributed by atoms with Gasteiger partial charge >= 0.3 is 0 Å². The average Bonchev–Trinajstić information content (AvgIpc) is 2.42. The second-order valence-electron chi connectivity index (χ2n) is 6.29. The Bertz CT molecular complexity index is 432. The molecule has 0 amide bonds. The van der Waals surface area contributed by atoms with Gasteiger partial charge < -0.3 is 10.2 Å². The summed E-state index contributed by atoms with van der Waals surface area (Å²) < 4.78 is 0. The van der Waals surface area contributed by atoms with Crippen molar-refractivity contribution in [1.29, 1.82) is 0 Å². The molecule has 0 spiro atoms. The zero-order valence-electron chi connectivity index (χ0n) is 12.1. The minimum Gasteiger partial charge on any atom is -0.306 e. The van der Waals surface area contributed by atoms with Crippen molar-refractivity contribution in [2.24, 2.45) is 5.92 Å². The Labute approximate surface area is 116 Å². The summed E-state index contributed by atoms with van der Waals surface area (Å²) in [6.07, 6.45) is 6.93. The normalized spacial score (nSPS) is 32.0. The van der Waals surface area contributed by atoms with E-state index in [2.05, 4.69) is 41.3 Å². The highest BCUT2D eigenvalue weighted by Crippen LogP contribution is 2.29. The first kappa shape index (κ1) is 13.1.